The zero-order chi connectivity index (χ0) is 29.1. The second kappa shape index (κ2) is 15.4. The summed E-state index contributed by atoms with van der Waals surface area (Å²) in [6, 6.07) is 11.9. The molecular weight excluding hydrogens is 570 g/mol. The van der Waals surface area contributed by atoms with Crippen molar-refractivity contribution in [2.45, 2.75) is 18.7 Å². The van der Waals surface area contributed by atoms with Gasteiger partial charge >= 0.3 is 20.4 Å². The number of amides is 3. The summed E-state index contributed by atoms with van der Waals surface area (Å²) >= 11 is 5.95. The Bertz CT molecular complexity index is 1340. The van der Waals surface area contributed by atoms with E-state index in [-0.39, 0.29) is 37.2 Å². The number of hydrogen-bond acceptors (Lipinski definition) is 8. The van der Waals surface area contributed by atoms with Gasteiger partial charge in [0.05, 0.1) is 24.3 Å². The van der Waals surface area contributed by atoms with Crippen LogP contribution in [0, 0.1) is 5.82 Å². The van der Waals surface area contributed by atoms with E-state index < -0.39 is 44.9 Å². The van der Waals surface area contributed by atoms with E-state index in [1.165, 1.54) is 24.1 Å². The Morgan fingerprint density at radius 1 is 1.12 bits per heavy atom. The summed E-state index contributed by atoms with van der Waals surface area (Å²) < 4.78 is 39.5. The number of carbonyl (C=O) groups is 2. The minimum absolute atomic E-state index is 0.0717. The highest BCUT2D eigenvalue weighted by atomic mass is 35.5. The second-order valence-corrected chi connectivity index (χ2v) is 9.61. The molecule has 3 atom stereocenters. The van der Waals surface area contributed by atoms with Crippen LogP contribution in [0.3, 0.4) is 0 Å². The number of likely N-dealkylation sites (N-methyl/N-ethyl adjacent to an activating group) is 1. The van der Waals surface area contributed by atoms with Crippen LogP contribution in [0.4, 0.5) is 19.8 Å². The van der Waals surface area contributed by atoms with E-state index >= 15 is 0 Å². The number of fused-ring (bicyclic) bond motifs is 1. The number of carbonyl (C=O) groups excluding carboxylic acids is 2. The number of urea groups is 1. The number of benzene rings is 2. The molecule has 4 N–H and O–H groups in total. The molecule has 12 nitrogen and oxygen atoms in total. The van der Waals surface area contributed by atoms with Gasteiger partial charge in [-0.3, -0.25) is 5.32 Å². The predicted octanol–water partition coefficient (Wildman–Crippen LogP) is 3.83. The molecule has 0 fully saturated rings. The summed E-state index contributed by atoms with van der Waals surface area (Å²) in [6.45, 7) is -1.30. The smallest absolute Gasteiger partial charge is 0.447 e. The first-order valence-electron chi connectivity index (χ1n) is 11.9. The summed E-state index contributed by atoms with van der Waals surface area (Å²) in [5.41, 5.74) is 0.361. The lowest BCUT2D eigenvalue weighted by Crippen LogP contribution is -2.48. The molecule has 2 aromatic carbocycles. The maximum atomic E-state index is 13.7. The largest absolute Gasteiger partial charge is 0.694 e. The number of aromatic nitrogens is 1. The lowest BCUT2D eigenvalue weighted by Gasteiger charge is -2.28. The van der Waals surface area contributed by atoms with Gasteiger partial charge in [0.1, 0.15) is 31.0 Å². The Morgan fingerprint density at radius 2 is 1.88 bits per heavy atom. The van der Waals surface area contributed by atoms with Crippen molar-refractivity contribution >= 4 is 48.6 Å². The fraction of sp³-hybridized carbons (Fsp3) is 0.320. The molecule has 3 rings (SSSR count). The number of anilines is 1. The number of ether oxygens (including phenoxy) is 2. The quantitative estimate of drug-likeness (QED) is 0.215. The number of nitrogens with one attached hydrogen (secondary N) is 2. The van der Waals surface area contributed by atoms with Gasteiger partial charge in [-0.2, -0.15) is 0 Å². The van der Waals surface area contributed by atoms with Crippen LogP contribution < -0.4 is 10.6 Å². The van der Waals surface area contributed by atoms with Gasteiger partial charge in [0.15, 0.2) is 0 Å². The van der Waals surface area contributed by atoms with Crippen molar-refractivity contribution in [2.75, 3.05) is 38.8 Å². The van der Waals surface area contributed by atoms with Crippen LogP contribution in [0.2, 0.25) is 5.02 Å². The fourth-order valence-electron chi connectivity index (χ4n) is 3.42. The van der Waals surface area contributed by atoms with Gasteiger partial charge in [-0.25, -0.2) is 19.0 Å². The van der Waals surface area contributed by atoms with Crippen LogP contribution in [0.5, 0.6) is 0 Å². The number of rotatable bonds is 13. The molecule has 1 unspecified atom stereocenters. The average Bonchev–Trinajstić information content (AvgIpc) is 2.93. The maximum Gasteiger partial charge on any atom is 0.694 e. The molecule has 0 aliphatic carbocycles. The lowest BCUT2D eigenvalue weighted by atomic mass is 10.2. The molecule has 40 heavy (non-hydrogen) atoms. The molecule has 1 aromatic heterocycles. The molecule has 0 radical (unpaired) electrons. The van der Waals surface area contributed by atoms with Crippen molar-refractivity contribution < 1.29 is 42.5 Å². The van der Waals surface area contributed by atoms with Gasteiger partial charge in [0, 0.05) is 29.7 Å². The van der Waals surface area contributed by atoms with Crippen molar-refractivity contribution in [1.29, 1.82) is 0 Å². The van der Waals surface area contributed by atoms with Crippen LogP contribution in [0.15, 0.2) is 54.7 Å². The van der Waals surface area contributed by atoms with Crippen molar-refractivity contribution in [3.63, 3.8) is 0 Å². The zero-order valence-corrected chi connectivity index (χ0v) is 23.0. The highest BCUT2D eigenvalue weighted by molar-refractivity contribution is 7.32. The number of aliphatic hydroxyl groups excluding tert-OH is 1. The van der Waals surface area contributed by atoms with Gasteiger partial charge in [-0.15, -0.1) is 9.42 Å². The molecule has 3 amide bonds. The van der Waals surface area contributed by atoms with Crippen LogP contribution in [0.25, 0.3) is 10.8 Å². The second-order valence-electron chi connectivity index (χ2n) is 8.50. The average molecular weight is 598 g/mol. The Morgan fingerprint density at radius 3 is 2.62 bits per heavy atom. The molecule has 15 heteroatoms. The highest BCUT2D eigenvalue weighted by Crippen LogP contribution is 2.20. The number of halogens is 2. The molecule has 1 heterocycles. The molecule has 3 aromatic rings. The van der Waals surface area contributed by atoms with Crippen LogP contribution in [-0.2, 0) is 25.1 Å². The highest BCUT2D eigenvalue weighted by Gasteiger charge is 2.24. The van der Waals surface area contributed by atoms with Crippen LogP contribution in [-0.4, -0.2) is 77.6 Å². The minimum atomic E-state index is -2.88. The van der Waals surface area contributed by atoms with Crippen molar-refractivity contribution in [3.8, 4) is 0 Å². The summed E-state index contributed by atoms with van der Waals surface area (Å²) in [5, 5.41) is 16.6. The summed E-state index contributed by atoms with van der Waals surface area (Å²) in [5.74, 6) is -0.360. The molecule has 0 aliphatic heterocycles. The first kappa shape index (κ1) is 31.1. The molecule has 0 saturated heterocycles. The van der Waals surface area contributed by atoms with Crippen LogP contribution >= 0.6 is 19.9 Å². The Labute approximate surface area is 234 Å². The van der Waals surface area contributed by atoms with Crippen molar-refractivity contribution in [1.82, 2.24) is 15.2 Å². The van der Waals surface area contributed by atoms with Gasteiger partial charge in [-0.1, -0.05) is 48.0 Å². The standard InChI is InChI=1S/C25H27ClFN4O8P/c1-31(24(33)29-11-18-7-4-8-21(27)23(18)26)19(12-37-14-20(32)15-39-40(35)36)13-38-25(34)30-22-9-16-5-2-3-6-17(16)10-28-22/h2-10,19-20,32H,11-15H2,1H3,(H2-,28,29,30,33,34,35,36)/p+1/t19-,20-/m0/s1. The minimum Gasteiger partial charge on any atom is -0.447 e. The Balaban J connectivity index is 1.59. The predicted molar refractivity (Wildman–Crippen MR) is 145 cm³/mol. The molecule has 214 valence electrons. The first-order chi connectivity index (χ1) is 19.1. The van der Waals surface area contributed by atoms with E-state index in [1.54, 1.807) is 18.3 Å². The van der Waals surface area contributed by atoms with E-state index in [0.29, 0.717) is 5.56 Å². The van der Waals surface area contributed by atoms with E-state index in [1.807, 2.05) is 24.3 Å². The summed E-state index contributed by atoms with van der Waals surface area (Å²) in [4.78, 5) is 39.4. The van der Waals surface area contributed by atoms with Gasteiger partial charge in [0.25, 0.3) is 0 Å². The lowest BCUT2D eigenvalue weighted by molar-refractivity contribution is -0.0118. The van der Waals surface area contributed by atoms with Crippen LogP contribution in [0.1, 0.15) is 5.56 Å². The molecule has 0 bridgehead atoms. The summed E-state index contributed by atoms with van der Waals surface area (Å²) in [6.07, 6.45) is -0.440. The van der Waals surface area contributed by atoms with E-state index in [0.717, 1.165) is 10.8 Å². The Kier molecular flexibility index (Phi) is 11.9. The monoisotopic (exact) mass is 597 g/mol. The van der Waals surface area contributed by atoms with E-state index in [4.69, 9.17) is 26.0 Å². The van der Waals surface area contributed by atoms with Crippen molar-refractivity contribution in [2.24, 2.45) is 0 Å². The molecule has 0 spiro atoms. The molecule has 0 aliphatic rings. The number of pyridine rings is 1. The maximum absolute atomic E-state index is 13.7. The zero-order valence-electron chi connectivity index (χ0n) is 21.3. The number of hydrogen-bond donors (Lipinski definition) is 4. The number of aliphatic hydroxyl groups is 1. The summed E-state index contributed by atoms with van der Waals surface area (Å²) in [7, 11) is -1.45. The molecular formula is C25H28ClFN4O8P+. The SMILES string of the molecule is CN(C(=O)NCc1cccc(F)c1Cl)[C@@H](COC[C@H](O)CO[P+](=O)O)COC(=O)Nc1cc2ccccc2cn1. The fourth-order valence-corrected chi connectivity index (χ4v) is 3.91. The van der Waals surface area contributed by atoms with E-state index in [9.17, 15) is 23.7 Å². The third-order valence-corrected chi connectivity index (χ3v) is 6.39. The normalized spacial score (nSPS) is 12.9. The van der Waals surface area contributed by atoms with Crippen molar-refractivity contribution in [3.05, 3.63) is 71.1 Å². The Hall–Kier alpha value is -3.45. The van der Waals surface area contributed by atoms with Gasteiger partial charge in [-0.05, 0) is 23.1 Å². The van der Waals surface area contributed by atoms with Gasteiger partial charge in [0.2, 0.25) is 0 Å². The van der Waals surface area contributed by atoms with E-state index in [2.05, 4.69) is 20.1 Å². The third-order valence-electron chi connectivity index (χ3n) is 5.60. The topological polar surface area (TPSA) is 160 Å². The first-order valence-corrected chi connectivity index (χ1v) is 13.4. The third kappa shape index (κ3) is 9.63. The number of nitrogens with zero attached hydrogens (tertiary/aromatic N) is 2. The molecule has 0 saturated carbocycles. The van der Waals surface area contributed by atoms with Gasteiger partial charge < -0.3 is 24.8 Å².